The van der Waals surface area contributed by atoms with E-state index < -0.39 is 17.6 Å². The van der Waals surface area contributed by atoms with E-state index in [0.29, 0.717) is 25.1 Å². The summed E-state index contributed by atoms with van der Waals surface area (Å²) < 4.78 is 40.2. The fraction of sp³-hybridized carbons (Fsp3) is 0.562. The second-order valence-electron chi connectivity index (χ2n) is 6.30. The molecule has 0 bridgehead atoms. The highest BCUT2D eigenvalue weighted by Gasteiger charge is 2.36. The number of H-pyrrole nitrogens is 1. The van der Waals surface area contributed by atoms with Crippen molar-refractivity contribution in [3.8, 4) is 0 Å². The van der Waals surface area contributed by atoms with Gasteiger partial charge >= 0.3 is 6.18 Å². The van der Waals surface area contributed by atoms with Crippen LogP contribution >= 0.6 is 0 Å². The van der Waals surface area contributed by atoms with Gasteiger partial charge in [-0.25, -0.2) is 4.98 Å². The largest absolute Gasteiger partial charge is 0.449 e. The highest BCUT2D eigenvalue weighted by molar-refractivity contribution is 5.23. The lowest BCUT2D eigenvalue weighted by atomic mass is 10.1. The molecule has 136 valence electrons. The van der Waals surface area contributed by atoms with Gasteiger partial charge in [0.15, 0.2) is 0 Å². The Kier molecular flexibility index (Phi) is 4.68. The van der Waals surface area contributed by atoms with Crippen molar-refractivity contribution in [1.82, 2.24) is 24.6 Å². The molecule has 0 saturated carbocycles. The number of rotatable bonds is 4. The number of aryl methyl sites for hydroxylation is 2. The number of hydrogen-bond donors (Lipinski definition) is 1. The third-order valence-corrected chi connectivity index (χ3v) is 4.31. The summed E-state index contributed by atoms with van der Waals surface area (Å²) >= 11 is 0. The number of alkyl halides is 3. The zero-order chi connectivity index (χ0) is 18.2. The van der Waals surface area contributed by atoms with E-state index in [2.05, 4.69) is 17.0 Å². The first-order valence-electron chi connectivity index (χ1n) is 8.22. The summed E-state index contributed by atoms with van der Waals surface area (Å²) in [4.78, 5) is 19.5. The Morgan fingerprint density at radius 2 is 2.12 bits per heavy atom. The predicted octanol–water partition coefficient (Wildman–Crippen LogP) is 2.26. The first-order chi connectivity index (χ1) is 11.8. The molecule has 0 spiro atoms. The van der Waals surface area contributed by atoms with Gasteiger partial charge in [-0.2, -0.15) is 18.3 Å². The fourth-order valence-corrected chi connectivity index (χ4v) is 3.05. The van der Waals surface area contributed by atoms with Crippen LogP contribution in [0.2, 0.25) is 0 Å². The van der Waals surface area contributed by atoms with Crippen molar-refractivity contribution in [2.24, 2.45) is 0 Å². The summed E-state index contributed by atoms with van der Waals surface area (Å²) in [6.45, 7) is 6.30. The second-order valence-corrected chi connectivity index (χ2v) is 6.30. The molecule has 1 aliphatic rings. The normalized spacial score (nSPS) is 15.4. The molecule has 2 aromatic rings. The molecule has 0 unspecified atom stereocenters. The molecular formula is C16H20F3N5O. The minimum Gasteiger partial charge on any atom is -0.303 e. The smallest absolute Gasteiger partial charge is 0.303 e. The van der Waals surface area contributed by atoms with Crippen LogP contribution in [0.25, 0.3) is 0 Å². The van der Waals surface area contributed by atoms with Crippen molar-refractivity contribution in [1.29, 1.82) is 0 Å². The van der Waals surface area contributed by atoms with Gasteiger partial charge in [0.25, 0.3) is 5.56 Å². The number of nitrogens with one attached hydrogen (secondary N) is 1. The Balaban J connectivity index is 1.79. The number of fused-ring (bicyclic) bond motifs is 1. The maximum Gasteiger partial charge on any atom is 0.449 e. The molecule has 1 N–H and O–H groups in total. The van der Waals surface area contributed by atoms with E-state index in [4.69, 9.17) is 0 Å². The van der Waals surface area contributed by atoms with Crippen LogP contribution in [0.1, 0.15) is 41.7 Å². The third-order valence-electron chi connectivity index (χ3n) is 4.31. The third kappa shape index (κ3) is 3.76. The van der Waals surface area contributed by atoms with E-state index in [1.807, 2.05) is 27.7 Å². The Labute approximate surface area is 142 Å². The van der Waals surface area contributed by atoms with Crippen molar-refractivity contribution in [2.75, 3.05) is 6.54 Å². The standard InChI is InChI=1S/C16H20F3N5O/c1-3-5-24-8-11(10(2)22-24)7-23-6-4-13-12(9-23)14(25)21-15(20-13)16(17,18)19/h8H,3-7,9H2,1-2H3,(H,20,21,25). The van der Waals surface area contributed by atoms with Crippen LogP contribution in [0.4, 0.5) is 13.2 Å². The minimum absolute atomic E-state index is 0.241. The Morgan fingerprint density at radius 3 is 2.80 bits per heavy atom. The lowest BCUT2D eigenvalue weighted by Gasteiger charge is -2.27. The van der Waals surface area contributed by atoms with E-state index >= 15 is 0 Å². The number of halogens is 3. The van der Waals surface area contributed by atoms with Gasteiger partial charge in [-0.15, -0.1) is 0 Å². The van der Waals surface area contributed by atoms with Gasteiger partial charge in [-0.3, -0.25) is 14.4 Å². The summed E-state index contributed by atoms with van der Waals surface area (Å²) in [7, 11) is 0. The highest BCUT2D eigenvalue weighted by Crippen LogP contribution is 2.26. The van der Waals surface area contributed by atoms with Crippen molar-refractivity contribution < 1.29 is 13.2 Å². The summed E-state index contributed by atoms with van der Waals surface area (Å²) in [5.74, 6) is -1.22. The molecule has 0 fully saturated rings. The predicted molar refractivity (Wildman–Crippen MR) is 84.9 cm³/mol. The van der Waals surface area contributed by atoms with Gasteiger partial charge in [0.1, 0.15) is 0 Å². The Hall–Kier alpha value is -2.16. The number of aromatic nitrogens is 4. The van der Waals surface area contributed by atoms with Gasteiger partial charge in [-0.1, -0.05) is 6.92 Å². The molecule has 0 aromatic carbocycles. The molecule has 0 aliphatic carbocycles. The van der Waals surface area contributed by atoms with E-state index in [1.165, 1.54) is 0 Å². The SMILES string of the molecule is CCCn1cc(CN2CCc3nc(C(F)(F)F)[nH]c(=O)c3C2)c(C)n1. The zero-order valence-corrected chi connectivity index (χ0v) is 14.2. The molecule has 0 saturated heterocycles. The monoisotopic (exact) mass is 355 g/mol. The van der Waals surface area contributed by atoms with Gasteiger partial charge in [-0.05, 0) is 13.3 Å². The van der Waals surface area contributed by atoms with E-state index in [0.717, 1.165) is 24.2 Å². The van der Waals surface area contributed by atoms with Gasteiger partial charge in [0.05, 0.1) is 17.0 Å². The van der Waals surface area contributed by atoms with Crippen LogP contribution < -0.4 is 5.56 Å². The summed E-state index contributed by atoms with van der Waals surface area (Å²) in [6.07, 6.45) is -1.34. The molecule has 0 radical (unpaired) electrons. The quantitative estimate of drug-likeness (QED) is 0.914. The van der Waals surface area contributed by atoms with Crippen molar-refractivity contribution in [3.05, 3.63) is 44.9 Å². The highest BCUT2D eigenvalue weighted by atomic mass is 19.4. The number of aromatic amines is 1. The van der Waals surface area contributed by atoms with Gasteiger partial charge < -0.3 is 4.98 Å². The number of hydrogen-bond acceptors (Lipinski definition) is 4. The van der Waals surface area contributed by atoms with E-state index in [1.54, 1.807) is 0 Å². The van der Waals surface area contributed by atoms with Crippen LogP contribution in [0, 0.1) is 6.92 Å². The maximum atomic E-state index is 12.8. The average Bonchev–Trinajstić information content (AvgIpc) is 2.87. The Bertz CT molecular complexity index is 824. The number of nitrogens with zero attached hydrogens (tertiary/aromatic N) is 4. The molecule has 9 heteroatoms. The van der Waals surface area contributed by atoms with Crippen LogP contribution in [0.3, 0.4) is 0 Å². The topological polar surface area (TPSA) is 66.8 Å². The summed E-state index contributed by atoms with van der Waals surface area (Å²) in [5.41, 5.74) is 1.84. The molecule has 2 aromatic heterocycles. The fourth-order valence-electron chi connectivity index (χ4n) is 3.05. The lowest BCUT2D eigenvalue weighted by molar-refractivity contribution is -0.145. The van der Waals surface area contributed by atoms with Crippen LogP contribution in [0.5, 0.6) is 0 Å². The van der Waals surface area contributed by atoms with Crippen molar-refractivity contribution in [3.63, 3.8) is 0 Å². The van der Waals surface area contributed by atoms with E-state index in [9.17, 15) is 18.0 Å². The van der Waals surface area contributed by atoms with E-state index in [-0.39, 0.29) is 12.2 Å². The first kappa shape index (κ1) is 17.7. The molecule has 3 rings (SSSR count). The first-order valence-corrected chi connectivity index (χ1v) is 8.22. The molecule has 0 atom stereocenters. The van der Waals surface area contributed by atoms with Crippen molar-refractivity contribution >= 4 is 0 Å². The van der Waals surface area contributed by atoms with Gasteiger partial charge in [0, 0.05) is 44.4 Å². The van der Waals surface area contributed by atoms with Crippen LogP contribution in [0.15, 0.2) is 11.0 Å². The summed E-state index contributed by atoms with van der Waals surface area (Å²) in [6, 6.07) is 0. The molecule has 6 nitrogen and oxygen atoms in total. The average molecular weight is 355 g/mol. The second kappa shape index (κ2) is 6.62. The maximum absolute atomic E-state index is 12.8. The molecule has 3 heterocycles. The molecule has 0 amide bonds. The minimum atomic E-state index is -4.64. The molecular weight excluding hydrogens is 335 g/mol. The van der Waals surface area contributed by atoms with Crippen LogP contribution in [-0.2, 0) is 32.2 Å². The lowest BCUT2D eigenvalue weighted by Crippen LogP contribution is -2.36. The molecule has 25 heavy (non-hydrogen) atoms. The van der Waals surface area contributed by atoms with Crippen LogP contribution in [-0.4, -0.2) is 31.2 Å². The van der Waals surface area contributed by atoms with Crippen molar-refractivity contribution in [2.45, 2.75) is 52.5 Å². The van der Waals surface area contributed by atoms with Gasteiger partial charge in [0.2, 0.25) is 5.82 Å². The Morgan fingerprint density at radius 1 is 1.36 bits per heavy atom. The molecule has 1 aliphatic heterocycles. The summed E-state index contributed by atoms with van der Waals surface area (Å²) in [5, 5.41) is 4.45. The zero-order valence-electron chi connectivity index (χ0n) is 14.2.